The second-order valence-electron chi connectivity index (χ2n) is 17.1. The van der Waals surface area contributed by atoms with Crippen LogP contribution in [0.25, 0.3) is 0 Å². The Bertz CT molecular complexity index is 2940. The zero-order valence-electron chi connectivity index (χ0n) is 38.8. The highest BCUT2D eigenvalue weighted by Crippen LogP contribution is 2.41. The average Bonchev–Trinajstić information content (AvgIpc) is 3.33. The van der Waals surface area contributed by atoms with Crippen molar-refractivity contribution in [1.29, 1.82) is 0 Å². The highest BCUT2D eigenvalue weighted by Gasteiger charge is 2.47. The van der Waals surface area contributed by atoms with Crippen molar-refractivity contribution in [3.63, 3.8) is 0 Å². The van der Waals surface area contributed by atoms with E-state index in [1.54, 1.807) is 41.2 Å². The van der Waals surface area contributed by atoms with E-state index in [0.29, 0.717) is 5.56 Å². The van der Waals surface area contributed by atoms with Crippen molar-refractivity contribution in [2.24, 2.45) is 0 Å². The van der Waals surface area contributed by atoms with Crippen molar-refractivity contribution in [3.05, 3.63) is 202 Å². The van der Waals surface area contributed by atoms with Gasteiger partial charge in [-0.1, -0.05) is 91.0 Å². The molecule has 1 aromatic heterocycles. The minimum absolute atomic E-state index is 0.0290. The monoisotopic (exact) mass is 1170 g/mol. The maximum absolute atomic E-state index is 14.2. The summed E-state index contributed by atoms with van der Waals surface area (Å²) in [6, 6.07) is 6.30. The van der Waals surface area contributed by atoms with Gasteiger partial charge in [-0.15, -0.1) is 0 Å². The molecule has 1 heterocycles. The molecule has 0 radical (unpaired) electrons. The number of benzene rings is 6. The first kappa shape index (κ1) is 61.4. The summed E-state index contributed by atoms with van der Waals surface area (Å²) in [5, 5.41) is 0. The van der Waals surface area contributed by atoms with Gasteiger partial charge in [0.25, 0.3) is 5.88 Å². The first-order chi connectivity index (χ1) is 36.5. The Morgan fingerprint density at radius 1 is 0.412 bits per heavy atom. The Morgan fingerprint density at radius 3 is 0.988 bits per heavy atom. The zero-order chi connectivity index (χ0) is 60.0. The van der Waals surface area contributed by atoms with Crippen LogP contribution in [0.15, 0.2) is 146 Å². The van der Waals surface area contributed by atoms with Crippen LogP contribution in [-0.4, -0.2) is 16.9 Å². The summed E-state index contributed by atoms with van der Waals surface area (Å²) in [5.41, 5.74) is -29.6. The molecule has 0 amide bonds. The molecule has 0 N–H and O–H groups in total. The SMILES string of the molecule is FC(F)(F)c1cc([B-](c2cc(C(F)(F)F)cc(C(F)(F)F)c2)(c2cc(C(F)(F)F)cc(C(F)(F)F)c2)c2cc(C(F)(F)F)cc(C(F)(F)F)c2)cc(C(F)(F)F)c1.O=C(C[n+]1ccnc(Oc2ccccc2F)c1)c1ccccc1. The minimum Gasteiger partial charge on any atom is -0.431 e. The third-order valence-electron chi connectivity index (χ3n) is 11.6. The number of ketones is 1. The molecule has 7 aromatic rings. The Labute approximate surface area is 431 Å². The summed E-state index contributed by atoms with van der Waals surface area (Å²) in [7, 11) is 0. The van der Waals surface area contributed by atoms with Gasteiger partial charge < -0.3 is 4.74 Å². The lowest BCUT2D eigenvalue weighted by atomic mass is 9.12. The van der Waals surface area contributed by atoms with Crippen molar-refractivity contribution < 1.29 is 124 Å². The van der Waals surface area contributed by atoms with E-state index in [0.717, 1.165) is 0 Å². The lowest BCUT2D eigenvalue weighted by Gasteiger charge is -2.46. The Hall–Kier alpha value is -7.82. The topological polar surface area (TPSA) is 43.1 Å². The van der Waals surface area contributed by atoms with Gasteiger partial charge in [0, 0.05) is 5.56 Å². The fraction of sp³-hybridized carbons (Fsp3) is 0.180. The number of para-hydroxylation sites is 1. The predicted molar refractivity (Wildman–Crippen MR) is 232 cm³/mol. The van der Waals surface area contributed by atoms with Crippen LogP contribution in [0.1, 0.15) is 54.9 Å². The molecule has 0 spiro atoms. The van der Waals surface area contributed by atoms with Gasteiger partial charge in [-0.25, -0.2) is 9.37 Å². The molecule has 0 aliphatic carbocycles. The number of hydrogen-bond donors (Lipinski definition) is 0. The number of rotatable bonds is 9. The molecule has 0 saturated carbocycles. The number of alkyl halides is 24. The van der Waals surface area contributed by atoms with Crippen LogP contribution in [-0.2, 0) is 56.0 Å². The van der Waals surface area contributed by atoms with Crippen molar-refractivity contribution in [1.82, 2.24) is 4.98 Å². The maximum atomic E-state index is 14.2. The van der Waals surface area contributed by atoms with Crippen LogP contribution in [0.3, 0.4) is 0 Å². The fourth-order valence-corrected chi connectivity index (χ4v) is 8.15. The molecule has 0 saturated heterocycles. The number of Topliss-reactive ketones (excluding diaryl/α,β-unsaturated/α-hetero) is 1. The second kappa shape index (κ2) is 21.7. The Morgan fingerprint density at radius 2 is 0.700 bits per heavy atom. The highest BCUT2D eigenvalue weighted by molar-refractivity contribution is 7.20. The minimum atomic E-state index is -6.13. The third-order valence-corrected chi connectivity index (χ3v) is 11.6. The molecule has 0 atom stereocenters. The van der Waals surface area contributed by atoms with Crippen molar-refractivity contribution in [3.8, 4) is 11.6 Å². The van der Waals surface area contributed by atoms with E-state index in [1.165, 1.54) is 18.3 Å². The Kier molecular flexibility index (Phi) is 16.6. The van der Waals surface area contributed by atoms with Gasteiger partial charge in [-0.05, 0) is 36.4 Å². The van der Waals surface area contributed by atoms with Crippen LogP contribution in [0.2, 0.25) is 0 Å². The zero-order valence-corrected chi connectivity index (χ0v) is 38.8. The number of carbonyl (C=O) groups excluding carboxylic acids is 1. The molecule has 0 fully saturated rings. The number of nitrogens with zero attached hydrogens (tertiary/aromatic N) is 2. The largest absolute Gasteiger partial charge is 0.431 e. The quantitative estimate of drug-likeness (QED) is 0.0626. The van der Waals surface area contributed by atoms with Crippen LogP contribution in [0.4, 0.5) is 110 Å². The summed E-state index contributed by atoms with van der Waals surface area (Å²) in [6.45, 7) is 0.153. The maximum Gasteiger partial charge on any atom is 0.416 e. The number of aromatic nitrogens is 2. The van der Waals surface area contributed by atoms with E-state index < -0.39 is 201 Å². The van der Waals surface area contributed by atoms with E-state index in [-0.39, 0.29) is 24.0 Å². The lowest BCUT2D eigenvalue weighted by Crippen LogP contribution is -2.75. The van der Waals surface area contributed by atoms with E-state index >= 15 is 0 Å². The van der Waals surface area contributed by atoms with Gasteiger partial charge in [0.05, 0.1) is 50.7 Å². The van der Waals surface area contributed by atoms with Crippen LogP contribution in [0.5, 0.6) is 11.6 Å². The fourth-order valence-electron chi connectivity index (χ4n) is 8.15. The molecule has 30 heteroatoms. The van der Waals surface area contributed by atoms with Gasteiger partial charge in [-0.3, -0.25) is 4.79 Å². The lowest BCUT2D eigenvalue weighted by molar-refractivity contribution is -0.683. The second-order valence-corrected chi connectivity index (χ2v) is 17.1. The number of ether oxygens (including phenoxy) is 1. The normalized spacial score (nSPS) is 13.2. The van der Waals surface area contributed by atoms with Crippen molar-refractivity contribution in [2.75, 3.05) is 0 Å². The molecular formula is C50H26BF25N2O2. The van der Waals surface area contributed by atoms with Gasteiger partial charge in [0.2, 0.25) is 18.5 Å². The molecule has 6 aromatic carbocycles. The molecule has 0 bridgehead atoms. The molecule has 80 heavy (non-hydrogen) atoms. The van der Waals surface area contributed by atoms with Gasteiger partial charge in [0.15, 0.2) is 17.8 Å². The summed E-state index contributed by atoms with van der Waals surface area (Å²) in [4.78, 5) is 16.2. The summed E-state index contributed by atoms with van der Waals surface area (Å²) >= 11 is 0. The first-order valence-corrected chi connectivity index (χ1v) is 21.7. The molecule has 0 aliphatic rings. The predicted octanol–water partition coefficient (Wildman–Crippen LogP) is 14.4. The van der Waals surface area contributed by atoms with Gasteiger partial charge in [-0.2, -0.15) is 132 Å². The van der Waals surface area contributed by atoms with E-state index in [2.05, 4.69) is 4.98 Å². The molecule has 0 unspecified atom stereocenters. The molecular weight excluding hydrogens is 1150 g/mol. The van der Waals surface area contributed by atoms with Gasteiger partial charge >= 0.3 is 49.4 Å². The van der Waals surface area contributed by atoms with Gasteiger partial charge in [0.1, 0.15) is 6.15 Å². The third kappa shape index (κ3) is 14.3. The summed E-state index contributed by atoms with van der Waals surface area (Å²) in [5.74, 6) is -0.186. The van der Waals surface area contributed by atoms with E-state index in [1.807, 2.05) is 18.2 Å². The summed E-state index contributed by atoms with van der Waals surface area (Å²) in [6.07, 6.45) is -50.1. The van der Waals surface area contributed by atoms with Crippen molar-refractivity contribution >= 4 is 33.8 Å². The molecule has 7 rings (SSSR count). The van der Waals surface area contributed by atoms with Crippen LogP contribution >= 0.6 is 0 Å². The number of halogens is 25. The Balaban J connectivity index is 0.000000370. The van der Waals surface area contributed by atoms with E-state index in [4.69, 9.17) is 4.74 Å². The van der Waals surface area contributed by atoms with E-state index in [9.17, 15) is 115 Å². The standard InChI is InChI=1S/C32H12BF24.C18H14FN2O2/c34-25(35,36)13-1-14(26(37,38)39)6-21(5-13)33(22-7-15(27(40,41)42)2-16(8-22)28(43,44)45,23-9-17(29(46,47)48)3-18(10-23)30(49,50)51)24-11-19(31(52,53)54)4-20(12-24)32(55,56)57;19-15-8-4-5-9-17(15)23-18-13-21(11-10-20-18)12-16(22)14-6-2-1-3-7-14/h1-12H;1-11,13H,12H2/q-1;+1. The summed E-state index contributed by atoms with van der Waals surface area (Å²) < 4.78 is 361. The van der Waals surface area contributed by atoms with Crippen LogP contribution in [0, 0.1) is 5.82 Å². The molecule has 4 nitrogen and oxygen atoms in total. The number of carbonyl (C=O) groups is 1. The molecule has 426 valence electrons. The average molecular weight is 1170 g/mol. The van der Waals surface area contributed by atoms with Crippen LogP contribution < -0.4 is 31.2 Å². The highest BCUT2D eigenvalue weighted by atomic mass is 19.4. The molecule has 0 aliphatic heterocycles. The smallest absolute Gasteiger partial charge is 0.416 e. The first-order valence-electron chi connectivity index (χ1n) is 21.7. The number of hydrogen-bond acceptors (Lipinski definition) is 3. The van der Waals surface area contributed by atoms with Crippen molar-refractivity contribution in [2.45, 2.75) is 56.0 Å².